The van der Waals surface area contributed by atoms with Crippen molar-refractivity contribution < 1.29 is 28.7 Å². The Hall–Kier alpha value is -5.20. The van der Waals surface area contributed by atoms with E-state index in [2.05, 4.69) is 25.8 Å². The van der Waals surface area contributed by atoms with Crippen LogP contribution in [0.2, 0.25) is 0 Å². The molecular weight excluding hydrogens is 648 g/mol. The molecule has 0 bridgehead atoms. The molecule has 266 valence electrons. The molecule has 2 saturated heterocycles. The largest absolute Gasteiger partial charge is 0.491 e. The lowest BCUT2D eigenvalue weighted by Crippen LogP contribution is -2.54. The first kappa shape index (κ1) is 34.3. The molecule has 3 aromatic carbocycles. The summed E-state index contributed by atoms with van der Waals surface area (Å²) in [6, 6.07) is 20.3. The van der Waals surface area contributed by atoms with Gasteiger partial charge in [-0.2, -0.15) is 0 Å². The third kappa shape index (κ3) is 8.24. The summed E-state index contributed by atoms with van der Waals surface area (Å²) in [4.78, 5) is 62.7. The highest BCUT2D eigenvalue weighted by Gasteiger charge is 2.36. The molecule has 12 nitrogen and oxygen atoms in total. The van der Waals surface area contributed by atoms with Crippen molar-refractivity contribution in [3.05, 3.63) is 101 Å². The highest BCUT2D eigenvalue weighted by atomic mass is 16.5. The van der Waals surface area contributed by atoms with Crippen LogP contribution in [0.5, 0.6) is 5.75 Å². The number of fused-ring (bicyclic) bond motifs is 3. The van der Waals surface area contributed by atoms with Crippen LogP contribution in [0.25, 0.3) is 10.9 Å². The van der Waals surface area contributed by atoms with E-state index in [4.69, 9.17) is 9.47 Å². The van der Waals surface area contributed by atoms with E-state index in [-0.39, 0.29) is 43.5 Å². The minimum atomic E-state index is -1.21. The van der Waals surface area contributed by atoms with E-state index < -0.39 is 29.8 Å². The van der Waals surface area contributed by atoms with Gasteiger partial charge in [0.05, 0.1) is 31.2 Å². The highest BCUT2D eigenvalue weighted by molar-refractivity contribution is 6.01. The molecule has 0 aliphatic carbocycles. The second-order valence-electron chi connectivity index (χ2n) is 13.5. The smallest absolute Gasteiger partial charge is 0.255 e. The fourth-order valence-electron chi connectivity index (χ4n) is 7.16. The lowest BCUT2D eigenvalue weighted by Gasteiger charge is -2.30. The van der Waals surface area contributed by atoms with Gasteiger partial charge in [0.25, 0.3) is 5.91 Å². The predicted molar refractivity (Wildman–Crippen MR) is 191 cm³/mol. The van der Waals surface area contributed by atoms with Gasteiger partial charge >= 0.3 is 0 Å². The molecule has 0 radical (unpaired) electrons. The Morgan fingerprint density at radius 2 is 1.65 bits per heavy atom. The molecule has 0 spiro atoms. The number of carbonyl (C=O) groups is 4. The molecule has 51 heavy (non-hydrogen) atoms. The van der Waals surface area contributed by atoms with E-state index in [1.54, 1.807) is 29.2 Å². The van der Waals surface area contributed by atoms with Gasteiger partial charge in [0.1, 0.15) is 24.4 Å². The van der Waals surface area contributed by atoms with Crippen molar-refractivity contribution in [2.24, 2.45) is 0 Å². The molecular formula is C39H44N6O6. The summed E-state index contributed by atoms with van der Waals surface area (Å²) >= 11 is 0. The van der Waals surface area contributed by atoms with Crippen molar-refractivity contribution in [3.63, 3.8) is 0 Å². The number of carbonyl (C=O) groups excluding carboxylic acids is 4. The van der Waals surface area contributed by atoms with Crippen LogP contribution in [0.3, 0.4) is 0 Å². The van der Waals surface area contributed by atoms with Crippen LogP contribution >= 0.6 is 0 Å². The van der Waals surface area contributed by atoms with Gasteiger partial charge < -0.3 is 35.3 Å². The molecule has 4 heterocycles. The number of nitrogens with zero attached hydrogens (tertiary/aromatic N) is 2. The van der Waals surface area contributed by atoms with E-state index in [1.165, 1.54) is 5.56 Å². The number of H-pyrrole nitrogens is 1. The van der Waals surface area contributed by atoms with Crippen molar-refractivity contribution in [3.8, 4) is 5.75 Å². The van der Waals surface area contributed by atoms with Crippen molar-refractivity contribution in [2.45, 2.75) is 56.9 Å². The zero-order valence-electron chi connectivity index (χ0n) is 28.6. The summed E-state index contributed by atoms with van der Waals surface area (Å²) in [7, 11) is 0. The molecule has 0 saturated carbocycles. The zero-order valence-corrected chi connectivity index (χ0v) is 28.6. The first-order valence-corrected chi connectivity index (χ1v) is 17.7. The number of benzene rings is 3. The maximum atomic E-state index is 14.2. The number of rotatable bonds is 7. The van der Waals surface area contributed by atoms with Crippen LogP contribution in [-0.2, 0) is 38.6 Å². The Balaban J connectivity index is 1.10. The molecule has 3 atom stereocenters. The van der Waals surface area contributed by atoms with Crippen LogP contribution in [0.15, 0.2) is 79.0 Å². The van der Waals surface area contributed by atoms with Crippen molar-refractivity contribution in [1.82, 2.24) is 30.7 Å². The number of ether oxygens (including phenoxy) is 2. The maximum Gasteiger partial charge on any atom is 0.255 e. The van der Waals surface area contributed by atoms with Gasteiger partial charge in [-0.1, -0.05) is 54.6 Å². The molecule has 7 rings (SSSR count). The number of hydrogen-bond donors (Lipinski definition) is 4. The standard InChI is InChI=1S/C39H44N6O6/c46-36-21-33(38(48)41-22-26-11-13-27(14-12-26)24-44-16-18-50-19-17-44)43-37(47)31-8-2-4-10-35(31)51-25-29-6-5-15-45(29)39(49)34(42-36)20-28-23-40-32-9-3-1-7-30(28)32/h1-4,7-14,23,29,33-34,40H,5-6,15-22,24-25H2,(H,41,48)(H,42,46)(H,43,47)/t29-,33+,34+/m1/s1. The third-order valence-corrected chi connectivity index (χ3v) is 9.97. The average Bonchev–Trinajstić information content (AvgIpc) is 3.80. The summed E-state index contributed by atoms with van der Waals surface area (Å²) in [5.74, 6) is -1.41. The summed E-state index contributed by atoms with van der Waals surface area (Å²) in [5.41, 5.74) is 4.12. The lowest BCUT2D eigenvalue weighted by atomic mass is 10.0. The molecule has 3 aliphatic heterocycles. The SMILES string of the molecule is O=C1C[C@@H](C(=O)NCc2ccc(CN3CCOCC3)cc2)NC(=O)c2ccccc2OC[C@H]2CCCN2C(=O)[C@H](Cc2c[nH]c3ccccc23)N1. The van der Waals surface area contributed by atoms with Gasteiger partial charge in [-0.3, -0.25) is 24.1 Å². The second kappa shape index (κ2) is 15.8. The van der Waals surface area contributed by atoms with E-state index in [0.717, 1.165) is 67.7 Å². The lowest BCUT2D eigenvalue weighted by molar-refractivity contribution is -0.138. The topological polar surface area (TPSA) is 145 Å². The highest BCUT2D eigenvalue weighted by Crippen LogP contribution is 2.25. The van der Waals surface area contributed by atoms with E-state index in [0.29, 0.717) is 12.3 Å². The third-order valence-electron chi connectivity index (χ3n) is 9.97. The number of hydrogen-bond acceptors (Lipinski definition) is 7. The van der Waals surface area contributed by atoms with Crippen LogP contribution in [0, 0.1) is 0 Å². The van der Waals surface area contributed by atoms with Crippen molar-refractivity contribution in [2.75, 3.05) is 39.5 Å². The van der Waals surface area contributed by atoms with Gasteiger partial charge in [-0.05, 0) is 47.7 Å². The molecule has 2 fully saturated rings. The van der Waals surface area contributed by atoms with Gasteiger partial charge in [-0.25, -0.2) is 0 Å². The molecule has 4 N–H and O–H groups in total. The van der Waals surface area contributed by atoms with Crippen molar-refractivity contribution in [1.29, 1.82) is 0 Å². The van der Waals surface area contributed by atoms with Gasteiger partial charge in [0.15, 0.2) is 0 Å². The number of nitrogens with one attached hydrogen (secondary N) is 4. The Bertz CT molecular complexity index is 1870. The van der Waals surface area contributed by atoms with Crippen molar-refractivity contribution >= 4 is 34.5 Å². The number of aromatic nitrogens is 1. The zero-order chi connectivity index (χ0) is 35.2. The fourth-order valence-corrected chi connectivity index (χ4v) is 7.16. The van der Waals surface area contributed by atoms with Crippen LogP contribution < -0.4 is 20.7 Å². The van der Waals surface area contributed by atoms with Gasteiger partial charge in [0, 0.05) is 56.2 Å². The van der Waals surface area contributed by atoms with E-state index >= 15 is 0 Å². The van der Waals surface area contributed by atoms with E-state index in [9.17, 15) is 19.2 Å². The minimum Gasteiger partial charge on any atom is -0.491 e. The van der Waals surface area contributed by atoms with E-state index in [1.807, 2.05) is 54.7 Å². The number of aromatic amines is 1. The normalized spacial score (nSPS) is 21.9. The van der Waals surface area contributed by atoms with Crippen LogP contribution in [-0.4, -0.2) is 96.0 Å². The van der Waals surface area contributed by atoms with Gasteiger partial charge in [-0.15, -0.1) is 0 Å². The fraction of sp³-hybridized carbons (Fsp3) is 0.385. The average molecular weight is 693 g/mol. The molecule has 4 amide bonds. The number of amides is 4. The van der Waals surface area contributed by atoms with Crippen LogP contribution in [0.4, 0.5) is 0 Å². The quantitative estimate of drug-likeness (QED) is 0.233. The summed E-state index contributed by atoms with van der Waals surface area (Å²) < 4.78 is 11.6. The maximum absolute atomic E-state index is 14.2. The predicted octanol–water partition coefficient (Wildman–Crippen LogP) is 2.92. The summed E-state index contributed by atoms with van der Waals surface area (Å²) in [6.07, 6.45) is 3.30. The monoisotopic (exact) mass is 692 g/mol. The molecule has 0 unspecified atom stereocenters. The first-order valence-electron chi connectivity index (χ1n) is 17.7. The summed E-state index contributed by atoms with van der Waals surface area (Å²) in [6.45, 7) is 5.02. The Morgan fingerprint density at radius 1 is 0.882 bits per heavy atom. The minimum absolute atomic E-state index is 0.193. The second-order valence-corrected chi connectivity index (χ2v) is 13.5. The first-order chi connectivity index (χ1) is 24.9. The summed E-state index contributed by atoms with van der Waals surface area (Å²) in [5, 5.41) is 9.60. The molecule has 3 aliphatic rings. The van der Waals surface area contributed by atoms with Crippen LogP contribution in [0.1, 0.15) is 46.3 Å². The number of para-hydroxylation sites is 2. The molecule has 1 aromatic heterocycles. The Labute approximate surface area is 296 Å². The Morgan fingerprint density at radius 3 is 2.49 bits per heavy atom. The molecule has 4 aromatic rings. The Kier molecular flexibility index (Phi) is 10.6. The molecule has 12 heteroatoms. The van der Waals surface area contributed by atoms with Gasteiger partial charge in [0.2, 0.25) is 17.7 Å². The number of morpholine rings is 1.